The van der Waals surface area contributed by atoms with Crippen LogP contribution in [0.4, 0.5) is 0 Å². The fourth-order valence-corrected chi connectivity index (χ4v) is 15.5. The second kappa shape index (κ2) is 48.4. The summed E-state index contributed by atoms with van der Waals surface area (Å²) in [7, 11) is 0. The number of hydrogen-bond acceptors (Lipinski definition) is 28. The Morgan fingerprint density at radius 2 is 0.440 bits per heavy atom. The highest BCUT2D eigenvalue weighted by atomic mass is 16.4. The van der Waals surface area contributed by atoms with E-state index in [1.165, 1.54) is 14.7 Å². The van der Waals surface area contributed by atoms with E-state index in [0.717, 1.165) is 25.7 Å². The fourth-order valence-electron chi connectivity index (χ4n) is 15.5. The molecule has 0 unspecified atom stereocenters. The molecule has 0 aromatic heterocycles. The van der Waals surface area contributed by atoms with Crippen molar-refractivity contribution < 1.29 is 118 Å². The van der Waals surface area contributed by atoms with E-state index in [0.29, 0.717) is 6.42 Å². The van der Waals surface area contributed by atoms with Crippen LogP contribution < -0.4 is 21.7 Å². The van der Waals surface area contributed by atoms with Gasteiger partial charge in [0, 0.05) is 203 Å². The largest absolute Gasteiger partial charge is 0.480 e. The van der Waals surface area contributed by atoms with Crippen molar-refractivity contribution in [2.45, 2.75) is 94.2 Å². The second-order valence-corrected chi connectivity index (χ2v) is 31.4. The molecular weight excluding hydrogens is 1530 g/mol. The number of carbonyl (C=O) groups is 15. The molecule has 0 aromatic rings. The highest BCUT2D eigenvalue weighted by Gasteiger charge is 2.52. The van der Waals surface area contributed by atoms with Gasteiger partial charge in [-0.15, -0.1) is 0 Å². The van der Waals surface area contributed by atoms with Gasteiger partial charge in [-0.05, 0) is 44.9 Å². The topological polar surface area (TPSA) is 549 Å². The van der Waals surface area contributed by atoms with Crippen LogP contribution in [-0.4, -0.2) is 507 Å². The van der Waals surface area contributed by atoms with Gasteiger partial charge in [-0.1, -0.05) is 32.6 Å². The van der Waals surface area contributed by atoms with E-state index >= 15 is 14.4 Å². The molecule has 6 rings (SSSR count). The Hall–Kier alpha value is -8.47. The lowest BCUT2D eigenvalue weighted by molar-refractivity contribution is -0.147. The first-order valence-electron chi connectivity index (χ1n) is 40.2. The minimum atomic E-state index is -1.90. The van der Waals surface area contributed by atoms with Crippen molar-refractivity contribution in [3.8, 4) is 0 Å². The number of nitrogens with zero attached hydrogens (tertiary/aromatic N) is 15. The number of likely N-dealkylation sites (tertiary alicyclic amines) is 3. The molecule has 0 atom stereocenters. The van der Waals surface area contributed by atoms with Crippen LogP contribution >= 0.6 is 0 Å². The molecule has 0 radical (unpaired) electrons. The summed E-state index contributed by atoms with van der Waals surface area (Å²) in [4.78, 5) is 222. The third kappa shape index (κ3) is 34.2. The van der Waals surface area contributed by atoms with E-state index in [-0.39, 0.29) is 319 Å². The van der Waals surface area contributed by atoms with Crippen molar-refractivity contribution in [1.82, 2.24) is 89.4 Å². The maximum atomic E-state index is 15.9. The predicted molar refractivity (Wildman–Crippen MR) is 414 cm³/mol. The van der Waals surface area contributed by atoms with Crippen molar-refractivity contribution in [3.05, 3.63) is 0 Å². The number of amides is 6. The molecule has 656 valence electrons. The van der Waals surface area contributed by atoms with Crippen LogP contribution in [0.1, 0.15) is 77.6 Å². The Kier molecular flexibility index (Phi) is 40.2. The van der Waals surface area contributed by atoms with Crippen LogP contribution in [0.2, 0.25) is 0 Å². The van der Waals surface area contributed by atoms with Crippen LogP contribution in [0, 0.1) is 0 Å². The molecule has 43 nitrogen and oxygen atoms in total. The first kappa shape index (κ1) is 96.4. The van der Waals surface area contributed by atoms with Crippen molar-refractivity contribution in [2.75, 3.05) is 281 Å². The van der Waals surface area contributed by atoms with Gasteiger partial charge in [0.05, 0.1) is 84.1 Å². The number of nitrogens with one attached hydrogen (secondary N) is 3. The summed E-state index contributed by atoms with van der Waals surface area (Å²) in [5.41, 5.74) is 1.75. The molecule has 6 aliphatic heterocycles. The van der Waals surface area contributed by atoms with Gasteiger partial charge in [-0.3, -0.25) is 131 Å². The van der Waals surface area contributed by atoms with Crippen molar-refractivity contribution >= 4 is 89.2 Å². The van der Waals surface area contributed by atoms with Crippen molar-refractivity contribution in [2.24, 2.45) is 5.73 Å². The van der Waals surface area contributed by atoms with Gasteiger partial charge in [-0.25, -0.2) is 0 Å². The highest BCUT2D eigenvalue weighted by Crippen LogP contribution is 2.31. The molecule has 0 spiro atoms. The van der Waals surface area contributed by atoms with Crippen molar-refractivity contribution in [3.63, 3.8) is 0 Å². The molecule has 0 saturated carbocycles. The Balaban J connectivity index is 1.27. The summed E-state index contributed by atoms with van der Waals surface area (Å²) >= 11 is 0. The van der Waals surface area contributed by atoms with Crippen LogP contribution in [0.25, 0.3) is 0 Å². The normalized spacial score (nSPS) is 21.3. The third-order valence-electron chi connectivity index (χ3n) is 22.6. The van der Waals surface area contributed by atoms with Gasteiger partial charge in [0.15, 0.2) is 0 Å². The maximum Gasteiger partial charge on any atom is 0.317 e. The molecular formula is C73H125N19O24. The smallest absolute Gasteiger partial charge is 0.317 e. The summed E-state index contributed by atoms with van der Waals surface area (Å²) in [5.74, 6) is -13.5. The standard InChI is InChI=1S/C73H125N19O24/c1-2-3-4-5-6-13-75-69(115)72(9-16-91(17-10-72)57(94)45-79-22-28-83(49-61(100)101)34-40-88(54-66(110)111)41-35-84(29-23-79)50-62(102)103)77-70(116)73(11-18-92(19-12-73)58(95)46-80-24-30-85(51-63(104)105)36-42-89(55-67(112)113)43-37-86(31-25-80)52-64(106)107)76-68(114)71(74)7-14-90(15-8-71)56(93)44-78-20-26-81(47-59(96)97)32-38-87(53-65(108)109)39-33-82(27-21-78)48-60(98)99/h2-55,74H2,1H3,(H,75,115)(H,76,114)(H,77,116)(H,96,97)(H,98,99)(H,100,101)(H,102,103)(H,104,105)(H,106,107)(H,108,109)(H,110,111)(H,112,113). The minimum Gasteiger partial charge on any atom is -0.480 e. The number of rotatable bonds is 35. The summed E-state index contributed by atoms with van der Waals surface area (Å²) in [6.07, 6.45) is 3.23. The van der Waals surface area contributed by atoms with Crippen LogP contribution in [0.5, 0.6) is 0 Å². The average Bonchev–Trinajstić information content (AvgIpc) is 0.763. The molecule has 6 aliphatic rings. The zero-order chi connectivity index (χ0) is 85.1. The first-order chi connectivity index (χ1) is 55.0. The quantitative estimate of drug-likeness (QED) is 0.0262. The summed E-state index contributed by atoms with van der Waals surface area (Å²) in [5, 5.41) is 97.2. The number of carbonyl (C=O) groups excluding carboxylic acids is 6. The summed E-state index contributed by atoms with van der Waals surface area (Å²) in [6, 6.07) is 0. The lowest BCUT2D eigenvalue weighted by atomic mass is 9.80. The zero-order valence-electron chi connectivity index (χ0n) is 67.1. The predicted octanol–water partition coefficient (Wildman–Crippen LogP) is -7.23. The monoisotopic (exact) mass is 1650 g/mol. The molecule has 6 amide bonds. The molecule has 0 aromatic carbocycles. The highest BCUT2D eigenvalue weighted by molar-refractivity contribution is 5.99. The number of nitrogens with two attached hydrogens (primary N) is 1. The molecule has 43 heteroatoms. The van der Waals surface area contributed by atoms with E-state index in [9.17, 15) is 103 Å². The lowest BCUT2D eigenvalue weighted by Gasteiger charge is -2.47. The average molecular weight is 1650 g/mol. The van der Waals surface area contributed by atoms with Gasteiger partial charge in [0.2, 0.25) is 35.4 Å². The van der Waals surface area contributed by atoms with Gasteiger partial charge in [0.1, 0.15) is 11.1 Å². The van der Waals surface area contributed by atoms with E-state index < -0.39 is 107 Å². The SMILES string of the molecule is CCCCCCCNC(=O)C1(NC(=O)C2(NC(=O)C3(N)CCN(C(=O)CN4CCN(CC(=O)O)CCN(CC(=O)O)CCN(CC(=O)O)CC4)CC3)CCN(C(=O)CN3CCN(CC(=O)O)CCN(CC(=O)O)CCN(CC(=O)O)CC3)CC2)CCN(C(=O)CN2CCN(CC(=O)O)CCN(CC(=O)O)CCN(CC(=O)O)CC2)CC1. The maximum absolute atomic E-state index is 15.9. The number of piperidine rings is 3. The lowest BCUT2D eigenvalue weighted by Crippen LogP contribution is -2.73. The zero-order valence-corrected chi connectivity index (χ0v) is 67.1. The molecule has 6 heterocycles. The van der Waals surface area contributed by atoms with E-state index in [4.69, 9.17) is 5.73 Å². The molecule has 116 heavy (non-hydrogen) atoms. The molecule has 6 saturated heterocycles. The molecule has 0 bridgehead atoms. The van der Waals surface area contributed by atoms with Crippen LogP contribution in [0.3, 0.4) is 0 Å². The minimum absolute atomic E-state index is 0.0500. The van der Waals surface area contributed by atoms with Gasteiger partial charge in [0.25, 0.3) is 0 Å². The van der Waals surface area contributed by atoms with E-state index in [1.807, 2.05) is 0 Å². The number of carboxylic acids is 9. The Bertz CT molecular complexity index is 3210. The summed E-state index contributed by atoms with van der Waals surface area (Å²) in [6.45, 7) is 1.12. The van der Waals surface area contributed by atoms with Crippen molar-refractivity contribution in [1.29, 1.82) is 0 Å². The van der Waals surface area contributed by atoms with Crippen LogP contribution in [-0.2, 0) is 71.9 Å². The first-order valence-corrected chi connectivity index (χ1v) is 40.2. The van der Waals surface area contributed by atoms with Gasteiger partial charge >= 0.3 is 53.7 Å². The molecule has 6 fully saturated rings. The third-order valence-corrected chi connectivity index (χ3v) is 22.6. The number of unbranched alkanes of at least 4 members (excludes halogenated alkanes) is 4. The van der Waals surface area contributed by atoms with E-state index in [1.54, 1.807) is 58.8 Å². The van der Waals surface area contributed by atoms with Crippen LogP contribution in [0.15, 0.2) is 0 Å². The Morgan fingerprint density at radius 1 is 0.250 bits per heavy atom. The Morgan fingerprint density at radius 3 is 0.655 bits per heavy atom. The van der Waals surface area contributed by atoms with Gasteiger partial charge < -0.3 is 82.3 Å². The van der Waals surface area contributed by atoms with E-state index in [2.05, 4.69) is 22.9 Å². The molecule has 0 aliphatic carbocycles. The molecule has 14 N–H and O–H groups in total. The second-order valence-electron chi connectivity index (χ2n) is 31.4. The summed E-state index contributed by atoms with van der Waals surface area (Å²) < 4.78 is 0. The Labute approximate surface area is 675 Å². The number of hydrogen-bond donors (Lipinski definition) is 13. The van der Waals surface area contributed by atoms with Gasteiger partial charge in [-0.2, -0.15) is 0 Å². The fraction of sp³-hybridized carbons (Fsp3) is 0.795. The number of carboxylic acid groups (broad SMARTS) is 9. The number of aliphatic carboxylic acids is 9.